The summed E-state index contributed by atoms with van der Waals surface area (Å²) in [7, 11) is 0. The first-order valence-corrected chi connectivity index (χ1v) is 10.2. The molecule has 2 aromatic carbocycles. The molecule has 1 N–H and O–H groups in total. The summed E-state index contributed by atoms with van der Waals surface area (Å²) in [5.74, 6) is 0.653. The Kier molecular flexibility index (Phi) is 5.81. The van der Waals surface area contributed by atoms with Crippen molar-refractivity contribution in [2.24, 2.45) is 0 Å². The van der Waals surface area contributed by atoms with Gasteiger partial charge in [-0.2, -0.15) is 5.10 Å². The summed E-state index contributed by atoms with van der Waals surface area (Å²) in [6.45, 7) is 8.76. The lowest BCUT2D eigenvalue weighted by Crippen LogP contribution is -2.36. The van der Waals surface area contributed by atoms with Crippen molar-refractivity contribution in [3.8, 4) is 0 Å². The highest BCUT2D eigenvalue weighted by Crippen LogP contribution is 2.32. The van der Waals surface area contributed by atoms with Crippen molar-refractivity contribution in [3.63, 3.8) is 0 Å². The molecule has 0 amide bonds. The van der Waals surface area contributed by atoms with E-state index in [9.17, 15) is 8.78 Å². The number of hydrogen-bond donors (Lipinski definition) is 1. The Morgan fingerprint density at radius 2 is 1.73 bits per heavy atom. The minimum absolute atomic E-state index is 0.0654. The van der Waals surface area contributed by atoms with E-state index in [1.54, 1.807) is 13.0 Å². The maximum absolute atomic E-state index is 13.3. The van der Waals surface area contributed by atoms with Gasteiger partial charge >= 0.3 is 0 Å². The summed E-state index contributed by atoms with van der Waals surface area (Å²) in [5, 5.41) is 14.1. The minimum atomic E-state index is -2.49. The standard InChI is InChI=1S/C23H26F2N4O/c1-14-18(5-4-6-19(14)22(24)25)15(2)26-23-21-13-17(29-9-11-30-12-10-29)7-8-20(21)16(3)27-28-23/h4-8,13,15,22H,9-12H2,1-3H3,(H,26,28). The van der Waals surface area contributed by atoms with Crippen LogP contribution in [-0.2, 0) is 4.74 Å². The largest absolute Gasteiger partial charge is 0.378 e. The number of alkyl halides is 2. The van der Waals surface area contributed by atoms with Crippen LogP contribution in [0.4, 0.5) is 20.3 Å². The van der Waals surface area contributed by atoms with Crippen molar-refractivity contribution < 1.29 is 13.5 Å². The highest BCUT2D eigenvalue weighted by molar-refractivity contribution is 5.95. The molecule has 2 heterocycles. The second-order valence-corrected chi connectivity index (χ2v) is 7.69. The van der Waals surface area contributed by atoms with Gasteiger partial charge in [0.25, 0.3) is 6.43 Å². The van der Waals surface area contributed by atoms with Gasteiger partial charge in [-0.3, -0.25) is 0 Å². The molecule has 4 rings (SSSR count). The Morgan fingerprint density at radius 1 is 1.00 bits per heavy atom. The van der Waals surface area contributed by atoms with Crippen LogP contribution in [0, 0.1) is 13.8 Å². The molecule has 1 unspecified atom stereocenters. The molecular weight excluding hydrogens is 386 g/mol. The molecule has 1 atom stereocenters. The zero-order valence-corrected chi connectivity index (χ0v) is 17.5. The third kappa shape index (κ3) is 3.94. The van der Waals surface area contributed by atoms with Gasteiger partial charge in [-0.25, -0.2) is 8.78 Å². The fourth-order valence-corrected chi connectivity index (χ4v) is 4.06. The molecule has 1 fully saturated rings. The van der Waals surface area contributed by atoms with Crippen LogP contribution in [0.5, 0.6) is 0 Å². The molecular formula is C23H26F2N4O. The van der Waals surface area contributed by atoms with Gasteiger partial charge in [0.1, 0.15) is 0 Å². The van der Waals surface area contributed by atoms with Crippen LogP contribution < -0.4 is 10.2 Å². The van der Waals surface area contributed by atoms with Gasteiger partial charge in [0.15, 0.2) is 5.82 Å². The third-order valence-electron chi connectivity index (χ3n) is 5.80. The Bertz CT molecular complexity index is 1050. The zero-order chi connectivity index (χ0) is 21.3. The van der Waals surface area contributed by atoms with Crippen LogP contribution in [-0.4, -0.2) is 36.5 Å². The number of nitrogens with zero attached hydrogens (tertiary/aromatic N) is 3. The SMILES string of the molecule is Cc1c(C(F)F)cccc1C(C)Nc1nnc(C)c2ccc(N3CCOCC3)cc12. The summed E-state index contributed by atoms with van der Waals surface area (Å²) in [6.07, 6.45) is -2.49. The molecule has 7 heteroatoms. The molecule has 158 valence electrons. The first kappa shape index (κ1) is 20.5. The van der Waals surface area contributed by atoms with E-state index >= 15 is 0 Å². The number of benzene rings is 2. The van der Waals surface area contributed by atoms with E-state index in [-0.39, 0.29) is 11.6 Å². The monoisotopic (exact) mass is 412 g/mol. The van der Waals surface area contributed by atoms with Gasteiger partial charge < -0.3 is 15.0 Å². The Balaban J connectivity index is 1.70. The Hall–Kier alpha value is -2.80. The lowest BCUT2D eigenvalue weighted by molar-refractivity contribution is 0.122. The number of hydrogen-bond acceptors (Lipinski definition) is 5. The number of fused-ring (bicyclic) bond motifs is 1. The number of aryl methyl sites for hydroxylation is 1. The predicted molar refractivity (Wildman–Crippen MR) is 115 cm³/mol. The number of halogens is 2. The van der Waals surface area contributed by atoms with E-state index in [0.29, 0.717) is 24.6 Å². The molecule has 0 radical (unpaired) electrons. The molecule has 1 saturated heterocycles. The molecule has 0 spiro atoms. The van der Waals surface area contributed by atoms with E-state index < -0.39 is 6.43 Å². The number of aromatic nitrogens is 2. The molecule has 0 bridgehead atoms. The summed E-state index contributed by atoms with van der Waals surface area (Å²) in [5.41, 5.74) is 3.46. The van der Waals surface area contributed by atoms with Gasteiger partial charge in [-0.1, -0.05) is 24.3 Å². The first-order chi connectivity index (χ1) is 14.5. The van der Waals surface area contributed by atoms with E-state index in [4.69, 9.17) is 4.74 Å². The molecule has 0 aliphatic carbocycles. The van der Waals surface area contributed by atoms with Gasteiger partial charge in [0.2, 0.25) is 0 Å². The normalized spacial score (nSPS) is 15.6. The van der Waals surface area contributed by atoms with Crippen LogP contribution in [0.3, 0.4) is 0 Å². The van der Waals surface area contributed by atoms with Gasteiger partial charge in [-0.05, 0) is 44.0 Å². The summed E-state index contributed by atoms with van der Waals surface area (Å²) < 4.78 is 32.1. The Labute approximate surface area is 175 Å². The molecule has 30 heavy (non-hydrogen) atoms. The fourth-order valence-electron chi connectivity index (χ4n) is 4.06. The lowest BCUT2D eigenvalue weighted by Gasteiger charge is -2.29. The van der Waals surface area contributed by atoms with Crippen molar-refractivity contribution in [2.45, 2.75) is 33.2 Å². The Morgan fingerprint density at radius 3 is 2.47 bits per heavy atom. The summed E-state index contributed by atoms with van der Waals surface area (Å²) in [6, 6.07) is 11.1. The number of ether oxygens (including phenoxy) is 1. The first-order valence-electron chi connectivity index (χ1n) is 10.2. The highest BCUT2D eigenvalue weighted by Gasteiger charge is 2.19. The summed E-state index contributed by atoms with van der Waals surface area (Å²) in [4.78, 5) is 2.29. The van der Waals surface area contributed by atoms with Crippen LogP contribution in [0.2, 0.25) is 0 Å². The zero-order valence-electron chi connectivity index (χ0n) is 17.5. The van der Waals surface area contributed by atoms with E-state index in [2.05, 4.69) is 38.6 Å². The lowest BCUT2D eigenvalue weighted by atomic mass is 9.97. The van der Waals surface area contributed by atoms with Crippen molar-refractivity contribution in [3.05, 3.63) is 58.8 Å². The second-order valence-electron chi connectivity index (χ2n) is 7.69. The van der Waals surface area contributed by atoms with Crippen LogP contribution in [0.25, 0.3) is 10.8 Å². The van der Waals surface area contributed by atoms with Crippen molar-refractivity contribution >= 4 is 22.3 Å². The molecule has 3 aromatic rings. The predicted octanol–water partition coefficient (Wildman–Crippen LogP) is 5.19. The molecule has 1 aromatic heterocycles. The average molecular weight is 412 g/mol. The maximum Gasteiger partial charge on any atom is 0.264 e. The van der Waals surface area contributed by atoms with Crippen molar-refractivity contribution in [1.82, 2.24) is 10.2 Å². The molecule has 0 saturated carbocycles. The topological polar surface area (TPSA) is 50.3 Å². The average Bonchev–Trinajstić information content (AvgIpc) is 2.76. The number of nitrogens with one attached hydrogen (secondary N) is 1. The van der Waals surface area contributed by atoms with E-state index in [1.165, 1.54) is 6.07 Å². The summed E-state index contributed by atoms with van der Waals surface area (Å²) >= 11 is 0. The molecule has 1 aliphatic heterocycles. The van der Waals surface area contributed by atoms with E-state index in [1.807, 2.05) is 19.9 Å². The third-order valence-corrected chi connectivity index (χ3v) is 5.80. The molecule has 5 nitrogen and oxygen atoms in total. The number of morpholine rings is 1. The van der Waals surface area contributed by atoms with E-state index in [0.717, 1.165) is 40.8 Å². The molecule has 1 aliphatic rings. The van der Waals surface area contributed by atoms with Gasteiger partial charge in [0, 0.05) is 35.1 Å². The van der Waals surface area contributed by atoms with Crippen LogP contribution >= 0.6 is 0 Å². The van der Waals surface area contributed by atoms with Crippen LogP contribution in [0.15, 0.2) is 36.4 Å². The smallest absolute Gasteiger partial charge is 0.264 e. The quantitative estimate of drug-likeness (QED) is 0.625. The van der Waals surface area contributed by atoms with Crippen molar-refractivity contribution in [2.75, 3.05) is 36.5 Å². The van der Waals surface area contributed by atoms with Gasteiger partial charge in [-0.15, -0.1) is 5.10 Å². The minimum Gasteiger partial charge on any atom is -0.378 e. The maximum atomic E-state index is 13.3. The second kappa shape index (κ2) is 8.52. The number of rotatable bonds is 5. The number of anilines is 2. The highest BCUT2D eigenvalue weighted by atomic mass is 19.3. The van der Waals surface area contributed by atoms with Crippen molar-refractivity contribution in [1.29, 1.82) is 0 Å². The fraction of sp³-hybridized carbons (Fsp3) is 0.391. The van der Waals surface area contributed by atoms with Crippen LogP contribution in [0.1, 0.15) is 41.8 Å². The van der Waals surface area contributed by atoms with Gasteiger partial charge in [0.05, 0.1) is 24.9 Å².